The van der Waals surface area contributed by atoms with E-state index in [1.54, 1.807) is 0 Å². The number of amides is 2. The van der Waals surface area contributed by atoms with Gasteiger partial charge in [0.2, 0.25) is 11.8 Å². The molecule has 2 saturated heterocycles. The van der Waals surface area contributed by atoms with Crippen molar-refractivity contribution in [3.05, 3.63) is 0 Å². The van der Waals surface area contributed by atoms with Gasteiger partial charge >= 0.3 is 0 Å². The lowest BCUT2D eigenvalue weighted by Crippen LogP contribution is -2.56. The average molecular weight is 351 g/mol. The third-order valence-corrected chi connectivity index (χ3v) is 6.04. The van der Waals surface area contributed by atoms with Crippen LogP contribution in [-0.2, 0) is 9.59 Å². The molecule has 0 aromatic carbocycles. The molecular weight excluding hydrogens is 316 g/mol. The van der Waals surface area contributed by atoms with Crippen LogP contribution in [0.1, 0.15) is 51.9 Å². The molecule has 1 aliphatic carbocycles. The van der Waals surface area contributed by atoms with Crippen LogP contribution in [0.5, 0.6) is 0 Å². The van der Waals surface area contributed by atoms with Crippen molar-refractivity contribution in [3.63, 3.8) is 0 Å². The molecule has 6 nitrogen and oxygen atoms in total. The van der Waals surface area contributed by atoms with E-state index in [0.29, 0.717) is 12.6 Å². The Labute approximate surface area is 151 Å². The van der Waals surface area contributed by atoms with Gasteiger partial charge in [0.1, 0.15) is 0 Å². The zero-order valence-corrected chi connectivity index (χ0v) is 15.6. The van der Waals surface area contributed by atoms with Crippen LogP contribution >= 0.6 is 0 Å². The molecule has 1 atom stereocenters. The maximum atomic E-state index is 12.5. The molecule has 0 unspecified atom stereocenters. The van der Waals surface area contributed by atoms with Gasteiger partial charge in [-0.3, -0.25) is 14.5 Å². The van der Waals surface area contributed by atoms with Crippen molar-refractivity contribution in [2.45, 2.75) is 64.0 Å². The normalized spacial score (nSPS) is 31.6. The quantitative estimate of drug-likeness (QED) is 0.793. The van der Waals surface area contributed by atoms with E-state index in [9.17, 15) is 9.59 Å². The highest BCUT2D eigenvalue weighted by atomic mass is 16.2. The molecule has 3 aliphatic rings. The van der Waals surface area contributed by atoms with Crippen molar-refractivity contribution in [1.29, 1.82) is 0 Å². The van der Waals surface area contributed by atoms with E-state index >= 15 is 0 Å². The summed E-state index contributed by atoms with van der Waals surface area (Å²) in [4.78, 5) is 29.0. The highest BCUT2D eigenvalue weighted by Crippen LogP contribution is 2.23. The molecule has 2 N–H and O–H groups in total. The zero-order chi connectivity index (χ0) is 17.6. The third kappa shape index (κ3) is 5.42. The van der Waals surface area contributed by atoms with Crippen molar-refractivity contribution in [1.82, 2.24) is 20.4 Å². The molecule has 3 rings (SSSR count). The van der Waals surface area contributed by atoms with E-state index in [0.717, 1.165) is 64.3 Å². The fraction of sp³-hybridized carbons (Fsp3) is 0.895. The predicted octanol–water partition coefficient (Wildman–Crippen LogP) is 0.968. The number of nitrogens with one attached hydrogen (secondary N) is 2. The minimum absolute atomic E-state index is 0.0114. The van der Waals surface area contributed by atoms with Gasteiger partial charge in [0.05, 0.1) is 12.6 Å². The molecule has 0 spiro atoms. The number of hydrogen-bond acceptors (Lipinski definition) is 4. The van der Waals surface area contributed by atoms with Gasteiger partial charge in [0.15, 0.2) is 0 Å². The van der Waals surface area contributed by atoms with Crippen molar-refractivity contribution < 1.29 is 9.59 Å². The molecule has 6 heteroatoms. The summed E-state index contributed by atoms with van der Waals surface area (Å²) in [7, 11) is 0. The minimum atomic E-state index is 0.0114. The Morgan fingerprint density at radius 1 is 1.00 bits per heavy atom. The van der Waals surface area contributed by atoms with Crippen molar-refractivity contribution in [3.8, 4) is 0 Å². The Bertz CT molecular complexity index is 448. The summed E-state index contributed by atoms with van der Waals surface area (Å²) in [5.74, 6) is 1.20. The van der Waals surface area contributed by atoms with E-state index < -0.39 is 0 Å². The van der Waals surface area contributed by atoms with E-state index in [1.165, 1.54) is 19.3 Å². The molecule has 25 heavy (non-hydrogen) atoms. The molecule has 0 aromatic rings. The summed E-state index contributed by atoms with van der Waals surface area (Å²) >= 11 is 0. The molecular formula is C19H34N4O2. The first kappa shape index (κ1) is 18.6. The fourth-order valence-corrected chi connectivity index (χ4v) is 4.29. The summed E-state index contributed by atoms with van der Waals surface area (Å²) in [6.45, 7) is 6.80. The van der Waals surface area contributed by atoms with E-state index in [4.69, 9.17) is 0 Å². The summed E-state index contributed by atoms with van der Waals surface area (Å²) in [6, 6.07) is 0.376. The topological polar surface area (TPSA) is 64.7 Å². The smallest absolute Gasteiger partial charge is 0.239 e. The maximum Gasteiger partial charge on any atom is 0.239 e. The van der Waals surface area contributed by atoms with E-state index in [1.807, 2.05) is 4.90 Å². The van der Waals surface area contributed by atoms with Crippen LogP contribution in [0.4, 0.5) is 0 Å². The molecule has 0 bridgehead atoms. The SMILES string of the molecule is CC1CCC(NC(=O)CN2CCN(C(=O)[C@H]3CCCCN3)CC2)CC1. The minimum Gasteiger partial charge on any atom is -0.352 e. The number of piperazine rings is 1. The third-order valence-electron chi connectivity index (χ3n) is 6.04. The standard InChI is InChI=1S/C19H34N4O2/c1-15-5-7-16(8-6-15)21-18(24)14-22-10-12-23(13-11-22)19(25)17-4-2-3-9-20-17/h15-17,20H,2-14H2,1H3,(H,21,24)/t15?,16?,17-/m1/s1. The predicted molar refractivity (Wildman–Crippen MR) is 98.2 cm³/mol. The molecule has 2 aliphatic heterocycles. The Hall–Kier alpha value is -1.14. The van der Waals surface area contributed by atoms with Crippen LogP contribution in [0.3, 0.4) is 0 Å². The lowest BCUT2D eigenvalue weighted by Gasteiger charge is -2.37. The molecule has 0 aromatic heterocycles. The summed E-state index contributed by atoms with van der Waals surface area (Å²) < 4.78 is 0. The molecule has 1 saturated carbocycles. The number of piperidine rings is 1. The van der Waals surface area contributed by atoms with Gasteiger partial charge in [-0.25, -0.2) is 0 Å². The second kappa shape index (κ2) is 8.99. The van der Waals surface area contributed by atoms with Gasteiger partial charge in [-0.15, -0.1) is 0 Å². The van der Waals surface area contributed by atoms with E-state index in [-0.39, 0.29) is 17.9 Å². The number of carbonyl (C=O) groups excluding carboxylic acids is 2. The number of carbonyl (C=O) groups is 2. The van der Waals surface area contributed by atoms with Crippen molar-refractivity contribution >= 4 is 11.8 Å². The van der Waals surface area contributed by atoms with Crippen LogP contribution in [0, 0.1) is 5.92 Å². The van der Waals surface area contributed by atoms with Crippen LogP contribution in [0.25, 0.3) is 0 Å². The summed E-state index contributed by atoms with van der Waals surface area (Å²) in [5.41, 5.74) is 0. The largest absolute Gasteiger partial charge is 0.352 e. The highest BCUT2D eigenvalue weighted by molar-refractivity contribution is 5.82. The van der Waals surface area contributed by atoms with Gasteiger partial charge in [-0.2, -0.15) is 0 Å². The highest BCUT2D eigenvalue weighted by Gasteiger charge is 2.29. The lowest BCUT2D eigenvalue weighted by molar-refractivity contribution is -0.136. The first-order chi connectivity index (χ1) is 12.1. The maximum absolute atomic E-state index is 12.5. The van der Waals surface area contributed by atoms with Crippen LogP contribution in [-0.4, -0.2) is 73.0 Å². The first-order valence-corrected chi connectivity index (χ1v) is 10.2. The molecule has 3 fully saturated rings. The number of hydrogen-bond donors (Lipinski definition) is 2. The second-order valence-electron chi connectivity index (χ2n) is 8.13. The Morgan fingerprint density at radius 3 is 2.36 bits per heavy atom. The molecule has 0 radical (unpaired) electrons. The molecule has 2 heterocycles. The van der Waals surface area contributed by atoms with Gasteiger partial charge < -0.3 is 15.5 Å². The Kier molecular flexibility index (Phi) is 6.70. The van der Waals surface area contributed by atoms with Gasteiger partial charge in [-0.05, 0) is 51.0 Å². The van der Waals surface area contributed by atoms with Crippen LogP contribution in [0.15, 0.2) is 0 Å². The van der Waals surface area contributed by atoms with Gasteiger partial charge in [-0.1, -0.05) is 13.3 Å². The van der Waals surface area contributed by atoms with Crippen molar-refractivity contribution in [2.24, 2.45) is 5.92 Å². The first-order valence-electron chi connectivity index (χ1n) is 10.2. The number of rotatable bonds is 4. The zero-order valence-electron chi connectivity index (χ0n) is 15.6. The lowest BCUT2D eigenvalue weighted by atomic mass is 9.87. The van der Waals surface area contributed by atoms with Crippen molar-refractivity contribution in [2.75, 3.05) is 39.3 Å². The summed E-state index contributed by atoms with van der Waals surface area (Å²) in [6.07, 6.45) is 7.95. The Morgan fingerprint density at radius 2 is 1.72 bits per heavy atom. The second-order valence-corrected chi connectivity index (χ2v) is 8.13. The monoisotopic (exact) mass is 350 g/mol. The average Bonchev–Trinajstić information content (AvgIpc) is 2.64. The van der Waals surface area contributed by atoms with Crippen LogP contribution < -0.4 is 10.6 Å². The summed E-state index contributed by atoms with van der Waals surface area (Å²) in [5, 5.41) is 6.54. The number of nitrogens with zero attached hydrogens (tertiary/aromatic N) is 2. The fourth-order valence-electron chi connectivity index (χ4n) is 4.29. The van der Waals surface area contributed by atoms with E-state index in [2.05, 4.69) is 22.5 Å². The molecule has 142 valence electrons. The molecule has 2 amide bonds. The Balaban J connectivity index is 1.35. The van der Waals surface area contributed by atoms with Gasteiger partial charge in [0.25, 0.3) is 0 Å². The van der Waals surface area contributed by atoms with Gasteiger partial charge in [0, 0.05) is 32.2 Å². The van der Waals surface area contributed by atoms with Crippen LogP contribution in [0.2, 0.25) is 0 Å².